The van der Waals surface area contributed by atoms with Crippen LogP contribution >= 0.6 is 43.0 Å². The first-order valence-electron chi connectivity index (χ1n) is 27.5. The number of nitrogens with one attached hydrogen (secondary N) is 3. The quantitative estimate of drug-likeness (QED) is 0.0316. The number of aromatic nitrogens is 6. The number of aromatic hydroxyl groups is 3. The van der Waals surface area contributed by atoms with Gasteiger partial charge >= 0.3 is 25.2 Å². The van der Waals surface area contributed by atoms with Gasteiger partial charge in [-0.1, -0.05) is 71.2 Å². The van der Waals surface area contributed by atoms with E-state index in [4.69, 9.17) is 48.4 Å². The summed E-state index contributed by atoms with van der Waals surface area (Å²) in [5.74, 6) is -10.8. The van der Waals surface area contributed by atoms with Crippen molar-refractivity contribution in [2.75, 3.05) is 19.8 Å². The number of halogens is 9. The predicted molar refractivity (Wildman–Crippen MR) is 337 cm³/mol. The molecule has 0 spiro atoms. The molecule has 0 saturated heterocycles. The molecule has 7 N–H and O–H groups in total. The number of benzene rings is 6. The predicted octanol–water partition coefficient (Wildman–Crippen LogP) is 13.7. The van der Waals surface area contributed by atoms with Crippen LogP contribution < -0.4 is 17.1 Å². The van der Waals surface area contributed by atoms with Crippen molar-refractivity contribution in [3.8, 4) is 17.6 Å². The first-order chi connectivity index (χ1) is 43.9. The Bertz CT molecular complexity index is 4470. The standard InChI is InChI=1S/C63H45Cl3F6N9O10P/c1-28-40(64)10-7-37-34(22-73-55(28)37)19-49-58(82)79(61(85)76-49)52(31-4-13-43(67)46(70)16-31)25-89-92(88,90-26-53(32-5-14-44(68)47(71)17-32)80-59(83)50(77-62(80)86)20-35-23-74-56-29(2)41(65)11-8-38(35)56)91-27-54(33-6-15-45(69)48(72)18-33)81-60(84)51(78-63(81)87)21-36-24-75-57-30(3)42(66)12-9-39(36)57/h4-24,52-54,88H,25-27H2,1-3H3,(H5-,73,74,75,76,77,78,82,83,84,85,86,87)/p+1. The second-order valence-corrected chi connectivity index (χ2v) is 24.2. The summed E-state index contributed by atoms with van der Waals surface area (Å²) in [7, 11) is -5.44. The van der Waals surface area contributed by atoms with Gasteiger partial charge in [0.2, 0.25) is 17.6 Å². The van der Waals surface area contributed by atoms with Crippen molar-refractivity contribution in [1.82, 2.24) is 28.7 Å². The van der Waals surface area contributed by atoms with Gasteiger partial charge in [-0.2, -0.15) is 18.5 Å². The average molecular weight is 1340 g/mol. The fourth-order valence-electron chi connectivity index (χ4n) is 10.9. The summed E-state index contributed by atoms with van der Waals surface area (Å²) in [4.78, 5) is 76.5. The molecule has 0 amide bonds. The van der Waals surface area contributed by atoms with E-state index in [1.54, 1.807) is 57.2 Å². The summed E-state index contributed by atoms with van der Waals surface area (Å²) >= 11 is 19.0. The fourth-order valence-corrected chi connectivity index (χ4v) is 12.6. The van der Waals surface area contributed by atoms with Gasteiger partial charge in [0, 0.05) is 67.1 Å². The molecule has 6 heterocycles. The molecule has 3 aromatic heterocycles. The lowest BCUT2D eigenvalue weighted by atomic mass is 10.0. The monoisotopic (exact) mass is 1340 g/mol. The second-order valence-electron chi connectivity index (χ2n) is 21.3. The van der Waals surface area contributed by atoms with Gasteiger partial charge in [-0.15, -0.1) is 0 Å². The molecule has 6 aromatic carbocycles. The number of imidazole rings is 3. The zero-order valence-electron chi connectivity index (χ0n) is 47.7. The van der Waals surface area contributed by atoms with E-state index < -0.39 is 116 Å². The number of aliphatic imine (C=N–C) groups is 3. The number of fused-ring (bicyclic) bond motifs is 3. The van der Waals surface area contributed by atoms with Crippen LogP contribution in [-0.4, -0.2) is 87.3 Å². The maximum Gasteiger partial charge on any atom is 0.572 e. The molecule has 3 aliphatic rings. The van der Waals surface area contributed by atoms with E-state index in [2.05, 4.69) is 29.9 Å². The number of hydrogen-bond donors (Lipinski definition) is 7. The zero-order chi connectivity index (χ0) is 65.4. The summed E-state index contributed by atoms with van der Waals surface area (Å²) in [5, 5.41) is 37.2. The highest BCUT2D eigenvalue weighted by Gasteiger charge is 2.49. The molecule has 0 aliphatic carbocycles. The molecule has 3 aliphatic heterocycles. The van der Waals surface area contributed by atoms with E-state index in [0.717, 1.165) is 18.2 Å². The highest BCUT2D eigenvalue weighted by Crippen LogP contribution is 2.60. The Morgan fingerprint density at radius 3 is 0.989 bits per heavy atom. The van der Waals surface area contributed by atoms with E-state index in [1.165, 1.54) is 36.9 Å². The Labute approximate surface area is 530 Å². The lowest BCUT2D eigenvalue weighted by Gasteiger charge is -2.25. The van der Waals surface area contributed by atoms with Crippen LogP contribution in [0.15, 0.2) is 120 Å². The molecule has 0 saturated carbocycles. The number of H-pyrrole nitrogens is 3. The van der Waals surface area contributed by atoms with Crippen molar-refractivity contribution in [2.24, 2.45) is 15.0 Å². The van der Waals surface area contributed by atoms with Crippen molar-refractivity contribution < 1.29 is 60.1 Å². The van der Waals surface area contributed by atoms with Crippen LogP contribution in [0.2, 0.25) is 15.1 Å². The molecule has 0 radical (unpaired) electrons. The molecule has 3 atom stereocenters. The number of nitrogens with zero attached hydrogens (tertiary/aromatic N) is 6. The largest absolute Gasteiger partial charge is 0.572 e. The maximum absolute atomic E-state index is 15.4. The van der Waals surface area contributed by atoms with Crippen molar-refractivity contribution in [3.63, 3.8) is 0 Å². The molecule has 19 nitrogen and oxygen atoms in total. The van der Waals surface area contributed by atoms with E-state index in [9.17, 15) is 47.8 Å². The van der Waals surface area contributed by atoms with Crippen LogP contribution in [-0.2, 0) is 13.6 Å². The third-order valence-corrected chi connectivity index (χ3v) is 18.5. The summed E-state index contributed by atoms with van der Waals surface area (Å²) < 4.78 is 111. The summed E-state index contributed by atoms with van der Waals surface area (Å²) in [5.41, 5.74) is 1.39. The third kappa shape index (κ3) is 11.7. The lowest BCUT2D eigenvalue weighted by Crippen LogP contribution is -2.30. The van der Waals surface area contributed by atoms with Crippen molar-refractivity contribution in [2.45, 2.75) is 38.9 Å². The second kappa shape index (κ2) is 24.7. The summed E-state index contributed by atoms with van der Waals surface area (Å²) in [6, 6.07) is 11.5. The SMILES string of the molecule is Cc1c(Cl)ccc2c1N=C/C2=C\c1[nH]c(=O)n(C(CO[P+](O)(OCC(c2ccc(F)c(F)c2)n2c(O)c(/C=C3\C=Nc4c3ccc(Cl)c4C)[nH]c2=O)OCC(c2ccc(F)c(F)c2)n2c(O)c(/C=C3\C=Nc4c3ccc(Cl)c4C)[nH]c2=O)c2ccc(F)c(F)c2)c1O. The normalized spacial score (nSPS) is 16.1. The smallest absolute Gasteiger partial charge is 0.493 e. The van der Waals surface area contributed by atoms with E-state index in [1.807, 2.05) is 0 Å². The number of allylic oxidation sites excluding steroid dienone is 3. The molecule has 12 rings (SSSR count). The van der Waals surface area contributed by atoms with Gasteiger partial charge in [0.15, 0.2) is 34.9 Å². The Kier molecular flexibility index (Phi) is 16.9. The van der Waals surface area contributed by atoms with E-state index in [0.29, 0.717) is 132 Å². The molecule has 470 valence electrons. The Hall–Kier alpha value is -9.30. The van der Waals surface area contributed by atoms with Crippen molar-refractivity contribution in [1.29, 1.82) is 0 Å². The minimum absolute atomic E-state index is 0.239. The van der Waals surface area contributed by atoms with Crippen LogP contribution in [0, 0.1) is 55.7 Å². The van der Waals surface area contributed by atoms with Gasteiger partial charge in [0.25, 0.3) is 0 Å². The van der Waals surface area contributed by atoms with Crippen LogP contribution in [0.5, 0.6) is 17.6 Å². The van der Waals surface area contributed by atoms with Gasteiger partial charge in [0.05, 0.1) is 35.2 Å². The Morgan fingerprint density at radius 1 is 0.457 bits per heavy atom. The summed E-state index contributed by atoms with van der Waals surface area (Å²) in [6.45, 7) is 1.85. The Balaban J connectivity index is 0.965. The van der Waals surface area contributed by atoms with Gasteiger partial charge in [-0.25, -0.2) is 40.7 Å². The van der Waals surface area contributed by atoms with Crippen LogP contribution in [0.1, 0.15) is 85.3 Å². The summed E-state index contributed by atoms with van der Waals surface area (Å²) in [6.07, 6.45) is 8.42. The van der Waals surface area contributed by atoms with E-state index >= 15 is 13.2 Å². The first kappa shape index (κ1) is 62.9. The lowest BCUT2D eigenvalue weighted by molar-refractivity contribution is 0.0601. The van der Waals surface area contributed by atoms with Gasteiger partial charge in [-0.3, -0.25) is 28.7 Å². The van der Waals surface area contributed by atoms with Crippen molar-refractivity contribution >= 4 is 114 Å². The number of aromatic amines is 3. The van der Waals surface area contributed by atoms with E-state index in [-0.39, 0.29) is 33.8 Å². The highest BCUT2D eigenvalue weighted by molar-refractivity contribution is 7.55. The molecule has 3 unspecified atom stereocenters. The minimum Gasteiger partial charge on any atom is -0.493 e. The van der Waals surface area contributed by atoms with Gasteiger partial charge in [-0.05, 0) is 127 Å². The van der Waals surface area contributed by atoms with Crippen LogP contribution in [0.4, 0.5) is 43.4 Å². The topological polar surface area (TPSA) is 259 Å². The minimum atomic E-state index is -5.44. The van der Waals surface area contributed by atoms with Crippen LogP contribution in [0.25, 0.3) is 34.9 Å². The third-order valence-electron chi connectivity index (χ3n) is 15.8. The van der Waals surface area contributed by atoms with Crippen LogP contribution in [0.3, 0.4) is 0 Å². The Morgan fingerprint density at radius 2 is 0.728 bits per heavy atom. The molecular weight excluding hydrogens is 1290 g/mol. The molecule has 0 bridgehead atoms. The maximum atomic E-state index is 15.4. The number of rotatable bonds is 18. The molecule has 0 fully saturated rings. The molecule has 29 heteroatoms. The van der Waals surface area contributed by atoms with Crippen molar-refractivity contribution in [3.05, 3.63) is 240 Å². The zero-order valence-corrected chi connectivity index (χ0v) is 50.9. The molecule has 9 aromatic rings. The fraction of sp³-hybridized carbons (Fsp3) is 0.143. The first-order valence-corrected chi connectivity index (χ1v) is 30.2. The molecular formula is C63H46Cl3F6N9O10P+. The average Bonchev–Trinajstić information content (AvgIpc) is 1.66. The van der Waals surface area contributed by atoms with Gasteiger partial charge < -0.3 is 30.3 Å². The molecule has 92 heavy (non-hydrogen) atoms. The van der Waals surface area contributed by atoms with Gasteiger partial charge in [0.1, 0.15) is 36.9 Å². The number of hydrogen-bond acceptors (Lipinski definition) is 13. The highest BCUT2D eigenvalue weighted by atomic mass is 35.5.